The predicted octanol–water partition coefficient (Wildman–Crippen LogP) is 2.92. The number of hydrogen-bond donors (Lipinski definition) is 3. The topological polar surface area (TPSA) is 117 Å². The molecule has 2 aromatic rings. The number of Topliss-reactive ketones (excluding diaryl/α,β-unsaturated/α-hetero) is 1. The van der Waals surface area contributed by atoms with Crippen LogP contribution in [0.1, 0.15) is 55.5 Å². The minimum absolute atomic E-state index is 0.0604. The number of aromatic nitrogens is 1. The summed E-state index contributed by atoms with van der Waals surface area (Å²) >= 11 is 1.34. The van der Waals surface area contributed by atoms with Crippen molar-refractivity contribution in [1.82, 2.24) is 20.9 Å². The lowest BCUT2D eigenvalue weighted by Crippen LogP contribution is -2.66. The number of hydrogen-bond acceptors (Lipinski definition) is 6. The molecular formula is C26H30F2N4O4S. The lowest BCUT2D eigenvalue weighted by molar-refractivity contribution is -0.144. The predicted molar refractivity (Wildman–Crippen MR) is 133 cm³/mol. The number of ketones is 1. The molecule has 2 fully saturated rings. The van der Waals surface area contributed by atoms with Crippen LogP contribution < -0.4 is 16.0 Å². The Morgan fingerprint density at radius 3 is 2.35 bits per heavy atom. The monoisotopic (exact) mass is 532 g/mol. The number of rotatable bonds is 10. The average molecular weight is 533 g/mol. The highest BCUT2D eigenvalue weighted by Gasteiger charge is 2.48. The van der Waals surface area contributed by atoms with Crippen molar-refractivity contribution in [3.63, 3.8) is 0 Å². The van der Waals surface area contributed by atoms with Crippen molar-refractivity contribution < 1.29 is 28.0 Å². The molecule has 0 unspecified atom stereocenters. The molecule has 0 saturated heterocycles. The Hall–Kier alpha value is -3.21. The third-order valence-corrected chi connectivity index (χ3v) is 7.88. The Morgan fingerprint density at radius 2 is 1.76 bits per heavy atom. The van der Waals surface area contributed by atoms with Gasteiger partial charge in [-0.3, -0.25) is 19.2 Å². The van der Waals surface area contributed by atoms with E-state index in [-0.39, 0.29) is 38.6 Å². The molecule has 1 atom stereocenters. The second-order valence-electron chi connectivity index (χ2n) is 9.74. The number of carbonyl (C=O) groups is 4. The number of nitrogens with zero attached hydrogens (tertiary/aromatic N) is 1. The zero-order chi connectivity index (χ0) is 26.5. The second kappa shape index (κ2) is 11.5. The highest BCUT2D eigenvalue weighted by atomic mass is 32.1. The zero-order valence-corrected chi connectivity index (χ0v) is 21.1. The summed E-state index contributed by atoms with van der Waals surface area (Å²) in [7, 11) is 0. The summed E-state index contributed by atoms with van der Waals surface area (Å²) in [5, 5.41) is 10.4. The first-order chi connectivity index (χ1) is 17.7. The molecule has 8 nitrogen and oxygen atoms in total. The molecule has 1 heterocycles. The highest BCUT2D eigenvalue weighted by Crippen LogP contribution is 2.38. The van der Waals surface area contributed by atoms with Gasteiger partial charge in [-0.1, -0.05) is 30.3 Å². The average Bonchev–Trinajstić information content (AvgIpc) is 3.38. The Bertz CT molecular complexity index is 1110. The quantitative estimate of drug-likeness (QED) is 0.407. The first-order valence-corrected chi connectivity index (χ1v) is 13.3. The van der Waals surface area contributed by atoms with E-state index in [0.717, 1.165) is 5.56 Å². The van der Waals surface area contributed by atoms with Gasteiger partial charge in [0.25, 0.3) is 5.91 Å². The minimum Gasteiger partial charge on any atom is -0.343 e. The van der Waals surface area contributed by atoms with Crippen LogP contribution in [0.15, 0.2) is 41.9 Å². The van der Waals surface area contributed by atoms with Gasteiger partial charge in [-0.15, -0.1) is 11.3 Å². The van der Waals surface area contributed by atoms with Crippen molar-refractivity contribution >= 4 is 34.8 Å². The van der Waals surface area contributed by atoms with Crippen LogP contribution >= 0.6 is 11.3 Å². The van der Waals surface area contributed by atoms with Crippen LogP contribution in [0.2, 0.25) is 0 Å². The molecule has 2 saturated carbocycles. The van der Waals surface area contributed by atoms with Gasteiger partial charge in [-0.25, -0.2) is 13.8 Å². The number of amides is 3. The minimum atomic E-state index is -2.76. The number of halogens is 2. The molecule has 0 radical (unpaired) electrons. The van der Waals surface area contributed by atoms with Crippen molar-refractivity contribution in [3.05, 3.63) is 52.5 Å². The van der Waals surface area contributed by atoms with E-state index < -0.39 is 46.9 Å². The molecule has 0 aliphatic heterocycles. The molecule has 37 heavy (non-hydrogen) atoms. The van der Waals surface area contributed by atoms with Crippen LogP contribution in [0, 0.1) is 5.92 Å². The normalized spacial score (nSPS) is 19.2. The summed E-state index contributed by atoms with van der Waals surface area (Å²) in [5.74, 6) is -5.95. The summed E-state index contributed by atoms with van der Waals surface area (Å²) in [5.41, 5.74) is -0.465. The van der Waals surface area contributed by atoms with Crippen LogP contribution in [-0.4, -0.2) is 46.0 Å². The highest BCUT2D eigenvalue weighted by molar-refractivity contribution is 7.09. The Balaban J connectivity index is 1.43. The molecule has 198 valence electrons. The van der Waals surface area contributed by atoms with Crippen LogP contribution in [0.5, 0.6) is 0 Å². The number of benzene rings is 1. The molecular weight excluding hydrogens is 502 g/mol. The lowest BCUT2D eigenvalue weighted by atomic mass is 9.74. The van der Waals surface area contributed by atoms with Gasteiger partial charge in [0.1, 0.15) is 16.6 Å². The third-order valence-electron chi connectivity index (χ3n) is 7.10. The van der Waals surface area contributed by atoms with E-state index in [1.54, 1.807) is 35.8 Å². The van der Waals surface area contributed by atoms with Crippen LogP contribution in [0.3, 0.4) is 0 Å². The molecule has 2 aliphatic rings. The van der Waals surface area contributed by atoms with E-state index in [4.69, 9.17) is 0 Å². The number of thiazole rings is 1. The summed E-state index contributed by atoms with van der Waals surface area (Å²) in [4.78, 5) is 56.1. The number of alkyl halides is 2. The van der Waals surface area contributed by atoms with Gasteiger partial charge >= 0.3 is 0 Å². The summed E-state index contributed by atoms with van der Waals surface area (Å²) < 4.78 is 27.0. The van der Waals surface area contributed by atoms with Crippen LogP contribution in [0.4, 0.5) is 8.78 Å². The van der Waals surface area contributed by atoms with Gasteiger partial charge < -0.3 is 16.0 Å². The van der Waals surface area contributed by atoms with Crippen LogP contribution in [0.25, 0.3) is 0 Å². The lowest BCUT2D eigenvalue weighted by Gasteiger charge is -2.42. The van der Waals surface area contributed by atoms with Gasteiger partial charge in [0.2, 0.25) is 23.5 Å². The van der Waals surface area contributed by atoms with Gasteiger partial charge in [0, 0.05) is 36.8 Å². The fraction of sp³-hybridized carbons (Fsp3) is 0.500. The van der Waals surface area contributed by atoms with Crippen molar-refractivity contribution in [2.24, 2.45) is 5.92 Å². The molecule has 11 heteroatoms. The molecule has 3 amide bonds. The fourth-order valence-corrected chi connectivity index (χ4v) is 5.23. The van der Waals surface area contributed by atoms with Crippen molar-refractivity contribution in [3.8, 4) is 0 Å². The van der Waals surface area contributed by atoms with Gasteiger partial charge in [-0.05, 0) is 37.7 Å². The smallest absolute Gasteiger partial charge is 0.289 e. The van der Waals surface area contributed by atoms with Crippen LogP contribution in [-0.2, 0) is 32.1 Å². The first kappa shape index (κ1) is 26.8. The Kier molecular flexibility index (Phi) is 8.31. The maximum atomic E-state index is 13.5. The van der Waals surface area contributed by atoms with E-state index >= 15 is 0 Å². The SMILES string of the molecule is O=C(NCc1nccs1)C(=O)[C@@H](Cc1ccccc1)NC(=O)C1(NC(=O)C2CCC(F)(F)CC2)CCC1. The maximum absolute atomic E-state index is 13.5. The van der Waals surface area contributed by atoms with E-state index in [1.165, 1.54) is 11.3 Å². The van der Waals surface area contributed by atoms with Gasteiger partial charge in [-0.2, -0.15) is 0 Å². The van der Waals surface area contributed by atoms with E-state index in [9.17, 15) is 28.0 Å². The van der Waals surface area contributed by atoms with E-state index in [0.29, 0.717) is 24.3 Å². The molecule has 2 aliphatic carbocycles. The van der Waals surface area contributed by atoms with Crippen molar-refractivity contribution in [1.29, 1.82) is 0 Å². The van der Waals surface area contributed by atoms with E-state index in [1.807, 2.05) is 6.07 Å². The molecule has 4 rings (SSSR count). The van der Waals surface area contributed by atoms with Gasteiger partial charge in [0.05, 0.1) is 6.54 Å². The Labute approximate surface area is 217 Å². The third kappa shape index (κ3) is 6.76. The maximum Gasteiger partial charge on any atom is 0.289 e. The Morgan fingerprint density at radius 1 is 1.05 bits per heavy atom. The van der Waals surface area contributed by atoms with Gasteiger partial charge in [0.15, 0.2) is 0 Å². The molecule has 1 aromatic heterocycles. The molecule has 3 N–H and O–H groups in total. The standard InChI is InChI=1S/C26H30F2N4O4S/c27-26(28)11-7-18(8-12-26)22(34)32-25(9-4-10-25)24(36)31-19(15-17-5-2-1-3-6-17)21(33)23(35)30-16-20-29-13-14-37-20/h1-3,5-6,13-14,18-19H,4,7-12,15-16H2,(H,30,35)(H,31,36)(H,32,34)/t19-/m1/s1. The summed E-state index contributed by atoms with van der Waals surface area (Å²) in [6, 6.07) is 7.85. The largest absolute Gasteiger partial charge is 0.343 e. The number of carbonyl (C=O) groups excluding carboxylic acids is 4. The molecule has 0 bridgehead atoms. The summed E-state index contributed by atoms with van der Waals surface area (Å²) in [6.07, 6.45) is 2.54. The zero-order valence-electron chi connectivity index (χ0n) is 20.3. The second-order valence-corrected chi connectivity index (χ2v) is 10.7. The van der Waals surface area contributed by atoms with E-state index in [2.05, 4.69) is 20.9 Å². The fourth-order valence-electron chi connectivity index (χ4n) is 4.68. The molecule has 1 aromatic carbocycles. The van der Waals surface area contributed by atoms with Crippen molar-refractivity contribution in [2.45, 2.75) is 75.4 Å². The first-order valence-electron chi connectivity index (χ1n) is 12.4. The molecule has 0 spiro atoms. The van der Waals surface area contributed by atoms with Crippen molar-refractivity contribution in [2.75, 3.05) is 0 Å². The number of nitrogens with one attached hydrogen (secondary N) is 3. The summed E-state index contributed by atoms with van der Waals surface area (Å²) in [6.45, 7) is 0.0919.